The van der Waals surface area contributed by atoms with Crippen LogP contribution in [0, 0.1) is 6.92 Å². The van der Waals surface area contributed by atoms with Gasteiger partial charge in [0.05, 0.1) is 5.56 Å². The van der Waals surface area contributed by atoms with Crippen molar-refractivity contribution in [1.82, 2.24) is 10.9 Å². The monoisotopic (exact) mass is 362 g/mol. The summed E-state index contributed by atoms with van der Waals surface area (Å²) in [5.41, 5.74) is 6.12. The van der Waals surface area contributed by atoms with Crippen LogP contribution in [0.2, 0.25) is 0 Å². The molecule has 0 aliphatic carbocycles. The Morgan fingerprint density at radius 1 is 1.09 bits per heavy atom. The van der Waals surface area contributed by atoms with E-state index >= 15 is 0 Å². The second kappa shape index (κ2) is 7.61. The molecule has 2 rings (SSSR count). The molecule has 6 heteroatoms. The van der Waals surface area contributed by atoms with Gasteiger partial charge >= 0.3 is 0 Å². The van der Waals surface area contributed by atoms with Crippen molar-refractivity contribution in [1.29, 1.82) is 0 Å². The van der Waals surface area contributed by atoms with E-state index in [9.17, 15) is 9.59 Å². The average Bonchev–Trinajstić information content (AvgIpc) is 2.51. The molecular weight excluding hydrogens is 348 g/mol. The van der Waals surface area contributed by atoms with Crippen molar-refractivity contribution in [3.8, 4) is 5.75 Å². The van der Waals surface area contributed by atoms with Gasteiger partial charge in [0.2, 0.25) is 0 Å². The quantitative estimate of drug-likeness (QED) is 0.821. The van der Waals surface area contributed by atoms with Crippen LogP contribution in [0.15, 0.2) is 53.0 Å². The average molecular weight is 363 g/mol. The molecule has 2 N–H and O–H groups in total. The van der Waals surface area contributed by atoms with Crippen molar-refractivity contribution < 1.29 is 14.3 Å². The Kier molecular flexibility index (Phi) is 5.55. The van der Waals surface area contributed by atoms with Gasteiger partial charge in [0.25, 0.3) is 11.8 Å². The number of hydrogen-bond acceptors (Lipinski definition) is 3. The van der Waals surface area contributed by atoms with E-state index in [2.05, 4.69) is 26.8 Å². The molecule has 0 radical (unpaired) electrons. The van der Waals surface area contributed by atoms with Crippen molar-refractivity contribution in [3.63, 3.8) is 0 Å². The van der Waals surface area contributed by atoms with Crippen molar-refractivity contribution in [3.05, 3.63) is 64.1 Å². The number of hydrazine groups is 1. The van der Waals surface area contributed by atoms with Gasteiger partial charge in [-0.1, -0.05) is 24.3 Å². The lowest BCUT2D eigenvalue weighted by atomic mass is 10.2. The van der Waals surface area contributed by atoms with Crippen molar-refractivity contribution >= 4 is 27.7 Å². The summed E-state index contributed by atoms with van der Waals surface area (Å²) in [7, 11) is 0. The summed E-state index contributed by atoms with van der Waals surface area (Å²) in [4.78, 5) is 23.6. The van der Waals surface area contributed by atoms with Gasteiger partial charge in [0, 0.05) is 4.47 Å². The van der Waals surface area contributed by atoms with Crippen LogP contribution < -0.4 is 15.6 Å². The SMILES string of the molecule is Cc1cccc(OCC(=O)NNC(=O)c2ccccc2Br)c1. The van der Waals surface area contributed by atoms with Crippen LogP contribution in [0.4, 0.5) is 0 Å². The molecule has 5 nitrogen and oxygen atoms in total. The molecule has 0 saturated carbocycles. The molecule has 0 aliphatic heterocycles. The Morgan fingerprint density at radius 2 is 1.86 bits per heavy atom. The molecule has 2 aromatic carbocycles. The third-order valence-corrected chi connectivity index (χ3v) is 3.48. The smallest absolute Gasteiger partial charge is 0.276 e. The van der Waals surface area contributed by atoms with Gasteiger partial charge in [-0.3, -0.25) is 20.4 Å². The maximum absolute atomic E-state index is 11.9. The summed E-state index contributed by atoms with van der Waals surface area (Å²) >= 11 is 3.27. The Hall–Kier alpha value is -2.34. The first-order valence-corrected chi connectivity index (χ1v) is 7.39. The highest BCUT2D eigenvalue weighted by Gasteiger charge is 2.10. The van der Waals surface area contributed by atoms with Crippen LogP contribution in [-0.2, 0) is 4.79 Å². The number of halogens is 1. The van der Waals surface area contributed by atoms with Gasteiger partial charge in [-0.15, -0.1) is 0 Å². The molecule has 0 bridgehead atoms. The second-order valence-corrected chi connectivity index (χ2v) is 5.44. The number of benzene rings is 2. The van der Waals surface area contributed by atoms with E-state index < -0.39 is 11.8 Å². The lowest BCUT2D eigenvalue weighted by Crippen LogP contribution is -2.43. The summed E-state index contributed by atoms with van der Waals surface area (Å²) < 4.78 is 5.99. The molecular formula is C16H15BrN2O3. The van der Waals surface area contributed by atoms with Gasteiger partial charge in [0.15, 0.2) is 6.61 Å². The predicted molar refractivity (Wildman–Crippen MR) is 86.4 cm³/mol. The predicted octanol–water partition coefficient (Wildman–Crippen LogP) is 2.60. The molecule has 22 heavy (non-hydrogen) atoms. The number of hydrogen-bond donors (Lipinski definition) is 2. The molecule has 0 aromatic heterocycles. The molecule has 0 heterocycles. The van der Waals surface area contributed by atoms with Gasteiger partial charge in [0.1, 0.15) is 5.75 Å². The zero-order valence-electron chi connectivity index (χ0n) is 11.9. The first-order valence-electron chi connectivity index (χ1n) is 6.59. The minimum Gasteiger partial charge on any atom is -0.484 e. The first-order chi connectivity index (χ1) is 10.6. The van der Waals surface area contributed by atoms with E-state index in [0.29, 0.717) is 15.8 Å². The van der Waals surface area contributed by atoms with E-state index in [1.54, 1.807) is 30.3 Å². The molecule has 2 aromatic rings. The molecule has 114 valence electrons. The minimum atomic E-state index is -0.443. The van der Waals surface area contributed by atoms with Crippen molar-refractivity contribution in [2.24, 2.45) is 0 Å². The van der Waals surface area contributed by atoms with Crippen LogP contribution in [-0.4, -0.2) is 18.4 Å². The summed E-state index contributed by atoms with van der Waals surface area (Å²) in [5, 5.41) is 0. The molecule has 0 aliphatic rings. The Morgan fingerprint density at radius 3 is 2.59 bits per heavy atom. The fraction of sp³-hybridized carbons (Fsp3) is 0.125. The van der Waals surface area contributed by atoms with Crippen LogP contribution in [0.25, 0.3) is 0 Å². The highest BCUT2D eigenvalue weighted by Crippen LogP contribution is 2.15. The number of carbonyl (C=O) groups excluding carboxylic acids is 2. The molecule has 0 unspecified atom stereocenters. The van der Waals surface area contributed by atoms with Gasteiger partial charge in [-0.05, 0) is 52.7 Å². The zero-order chi connectivity index (χ0) is 15.9. The van der Waals surface area contributed by atoms with Crippen molar-refractivity contribution in [2.75, 3.05) is 6.61 Å². The van der Waals surface area contributed by atoms with E-state index in [1.807, 2.05) is 25.1 Å². The summed E-state index contributed by atoms with van der Waals surface area (Å²) in [5.74, 6) is -0.245. The lowest BCUT2D eigenvalue weighted by Gasteiger charge is -2.09. The third kappa shape index (κ3) is 4.60. The lowest BCUT2D eigenvalue weighted by molar-refractivity contribution is -0.123. The molecule has 0 spiro atoms. The summed E-state index contributed by atoms with van der Waals surface area (Å²) in [6.07, 6.45) is 0. The maximum atomic E-state index is 11.9. The standard InChI is InChI=1S/C16H15BrN2O3/c1-11-5-4-6-12(9-11)22-10-15(20)18-19-16(21)13-7-2-3-8-14(13)17/h2-9H,10H2,1H3,(H,18,20)(H,19,21). The fourth-order valence-electron chi connectivity index (χ4n) is 1.73. The Labute approximate surface area is 136 Å². The molecule has 2 amide bonds. The first kappa shape index (κ1) is 16.0. The number of amides is 2. The Bertz CT molecular complexity index is 689. The van der Waals surface area contributed by atoms with Crippen LogP contribution in [0.5, 0.6) is 5.75 Å². The van der Waals surface area contributed by atoms with Gasteiger partial charge < -0.3 is 4.74 Å². The maximum Gasteiger partial charge on any atom is 0.276 e. The van der Waals surface area contributed by atoms with Crippen LogP contribution >= 0.6 is 15.9 Å². The number of rotatable bonds is 4. The third-order valence-electron chi connectivity index (χ3n) is 2.79. The van der Waals surface area contributed by atoms with E-state index in [4.69, 9.17) is 4.74 Å². The second-order valence-electron chi connectivity index (χ2n) is 4.59. The zero-order valence-corrected chi connectivity index (χ0v) is 13.5. The summed E-state index contributed by atoms with van der Waals surface area (Å²) in [6, 6.07) is 14.3. The van der Waals surface area contributed by atoms with E-state index in [1.165, 1.54) is 0 Å². The topological polar surface area (TPSA) is 67.4 Å². The highest BCUT2D eigenvalue weighted by molar-refractivity contribution is 9.10. The largest absolute Gasteiger partial charge is 0.484 e. The number of nitrogens with one attached hydrogen (secondary N) is 2. The molecule has 0 atom stereocenters. The van der Waals surface area contributed by atoms with Gasteiger partial charge in [-0.25, -0.2) is 0 Å². The normalized spacial score (nSPS) is 9.91. The number of aryl methyl sites for hydroxylation is 1. The Balaban J connectivity index is 1.81. The minimum absolute atomic E-state index is 0.181. The van der Waals surface area contributed by atoms with Crippen LogP contribution in [0.1, 0.15) is 15.9 Å². The highest BCUT2D eigenvalue weighted by atomic mass is 79.9. The fourth-order valence-corrected chi connectivity index (χ4v) is 2.19. The molecule has 0 fully saturated rings. The van der Waals surface area contributed by atoms with Gasteiger partial charge in [-0.2, -0.15) is 0 Å². The van der Waals surface area contributed by atoms with E-state index in [-0.39, 0.29) is 6.61 Å². The summed E-state index contributed by atoms with van der Waals surface area (Å²) in [6.45, 7) is 1.75. The number of ether oxygens (including phenoxy) is 1. The number of carbonyl (C=O) groups is 2. The van der Waals surface area contributed by atoms with E-state index in [0.717, 1.165) is 5.56 Å². The van der Waals surface area contributed by atoms with Crippen molar-refractivity contribution in [2.45, 2.75) is 6.92 Å². The van der Waals surface area contributed by atoms with Crippen LogP contribution in [0.3, 0.4) is 0 Å². The molecule has 0 saturated heterocycles.